The molecule has 2 saturated carbocycles. The van der Waals surface area contributed by atoms with E-state index in [-0.39, 0.29) is 135 Å². The largest absolute Gasteiger partial charge is 0.416 e. The number of carbonyl (C=O) groups excluding carboxylic acids is 6. The van der Waals surface area contributed by atoms with Crippen LogP contribution in [0.15, 0.2) is 49.1 Å². The molecule has 2 aromatic heterocycles. The maximum atomic E-state index is 14.0. The van der Waals surface area contributed by atoms with Gasteiger partial charge in [0.1, 0.15) is 24.8 Å². The van der Waals surface area contributed by atoms with E-state index in [9.17, 15) is 41.9 Å². The molecule has 0 unspecified atom stereocenters. The third kappa shape index (κ3) is 13.7. The van der Waals surface area contributed by atoms with Crippen LogP contribution in [-0.2, 0) is 44.4 Å². The number of likely N-dealkylation sites (tertiary alicyclic amines) is 2. The van der Waals surface area contributed by atoms with Crippen molar-refractivity contribution in [3.63, 3.8) is 0 Å². The lowest BCUT2D eigenvalue weighted by Gasteiger charge is -2.44. The lowest BCUT2D eigenvalue weighted by Crippen LogP contribution is -2.59. The average molecular weight is 1010 g/mol. The van der Waals surface area contributed by atoms with Gasteiger partial charge in [0.2, 0.25) is 35.4 Å². The number of pyridine rings is 1. The van der Waals surface area contributed by atoms with E-state index in [1.54, 1.807) is 35.3 Å². The summed E-state index contributed by atoms with van der Waals surface area (Å²) in [6.45, 7) is 5.29. The van der Waals surface area contributed by atoms with Crippen molar-refractivity contribution in [3.05, 3.63) is 60.2 Å². The van der Waals surface area contributed by atoms with Crippen molar-refractivity contribution in [3.8, 4) is 0 Å². The van der Waals surface area contributed by atoms with Gasteiger partial charge >= 0.3 is 6.18 Å². The molecule has 6 atom stereocenters. The highest BCUT2D eigenvalue weighted by atomic mass is 19.4. The van der Waals surface area contributed by atoms with Crippen LogP contribution in [0.1, 0.15) is 95.2 Å². The molecule has 19 nitrogen and oxygen atoms in total. The van der Waals surface area contributed by atoms with Gasteiger partial charge in [-0.3, -0.25) is 33.8 Å². The van der Waals surface area contributed by atoms with Crippen LogP contribution in [0, 0.1) is 11.8 Å². The van der Waals surface area contributed by atoms with E-state index in [2.05, 4.69) is 60.3 Å². The molecule has 4 heterocycles. The molecule has 2 aliphatic heterocycles. The number of hydrogen-bond donors (Lipinski definition) is 5. The Labute approximate surface area is 417 Å². The number of nitrogens with one attached hydrogen (secondary N) is 5. The Morgan fingerprint density at radius 2 is 1.64 bits per heavy atom. The Morgan fingerprint density at radius 3 is 2.36 bits per heavy atom. The standard InChI is InChI=1S/C50H68F3N11O8/c1-30(2)62(3)35-12-14-41(64-20-15-39(49(64)70)61-46-36-24-33(50(51,52)53)9-13-38(36)57-29-58-46)40(25-35)60-43(66)28-72-23-19-55-47(68)31-7-10-34(11-8-31)59-42(65)16-21-71-22-18-56-48(69)37-26-44(67)63(4)45(37)32-6-5-17-54-27-32/h5-6,9,13,17,24,27,29-31,34-35,37,39-41,45H,7-8,10-12,14-16,18-23,25-26,28H2,1-4H3,(H,55,68)(H,56,69)(H,59,65)(H,60,66)(H,57,58,61)/t31?,34?,35-,37+,39+,40-,41+,45-/m1/s1. The van der Waals surface area contributed by atoms with Crippen molar-refractivity contribution in [1.82, 2.24) is 50.9 Å². The highest BCUT2D eigenvalue weighted by Gasteiger charge is 2.45. The third-order valence-electron chi connectivity index (χ3n) is 14.6. The van der Waals surface area contributed by atoms with Crippen LogP contribution in [0.5, 0.6) is 0 Å². The molecule has 1 aromatic carbocycles. The summed E-state index contributed by atoms with van der Waals surface area (Å²) in [5, 5.41) is 15.2. The Balaban J connectivity index is 0.778. The zero-order chi connectivity index (χ0) is 51.5. The zero-order valence-electron chi connectivity index (χ0n) is 41.4. The second-order valence-electron chi connectivity index (χ2n) is 19.6. The van der Waals surface area contributed by atoms with Crippen LogP contribution in [0.25, 0.3) is 10.9 Å². The molecular formula is C50H68F3N11O8. The number of hydrogen-bond acceptors (Lipinski definition) is 13. The van der Waals surface area contributed by atoms with Crippen molar-refractivity contribution in [1.29, 1.82) is 0 Å². The molecule has 2 aliphatic carbocycles. The molecule has 5 N–H and O–H groups in total. The van der Waals surface area contributed by atoms with Crippen LogP contribution in [0.4, 0.5) is 19.0 Å². The SMILES string of the molecule is CC(C)N(C)[C@@H]1CC[C@H](N2CC[C@H](Nc3ncnc4ccc(C(F)(F)F)cc34)C2=O)[C@H](NC(=O)COCCNC(=O)C2CCC(NC(=O)CCOCCNC(=O)[C@H]3CC(=O)N(C)[C@@H]3c3cccnc3)CC2)C1. The normalized spacial score (nSPS) is 24.7. The Kier molecular flexibility index (Phi) is 18.4. The number of nitrogens with zero attached hydrogens (tertiary/aromatic N) is 6. The fraction of sp³-hybridized carbons (Fsp3) is 0.620. The average Bonchev–Trinajstić information content (AvgIpc) is 3.88. The Morgan fingerprint density at radius 1 is 0.889 bits per heavy atom. The monoisotopic (exact) mass is 1010 g/mol. The number of fused-ring (bicyclic) bond motifs is 1. The van der Waals surface area contributed by atoms with Gasteiger partial charge in [-0.1, -0.05) is 6.07 Å². The number of alkyl halides is 3. The zero-order valence-corrected chi connectivity index (χ0v) is 41.4. The van der Waals surface area contributed by atoms with Crippen LogP contribution < -0.4 is 26.6 Å². The van der Waals surface area contributed by atoms with Crippen molar-refractivity contribution in [2.75, 3.05) is 65.5 Å². The van der Waals surface area contributed by atoms with E-state index in [4.69, 9.17) is 9.47 Å². The minimum Gasteiger partial charge on any atom is -0.379 e. The molecule has 7 rings (SSSR count). The molecule has 0 radical (unpaired) electrons. The van der Waals surface area contributed by atoms with Gasteiger partial charge in [0.05, 0.1) is 54.9 Å². The number of amides is 6. The van der Waals surface area contributed by atoms with E-state index in [0.29, 0.717) is 57.0 Å². The summed E-state index contributed by atoms with van der Waals surface area (Å²) in [6.07, 6.45) is 5.19. The van der Waals surface area contributed by atoms with Gasteiger partial charge in [-0.2, -0.15) is 13.2 Å². The molecule has 6 amide bonds. The number of ether oxygens (including phenoxy) is 2. The maximum absolute atomic E-state index is 14.0. The molecule has 0 bridgehead atoms. The predicted octanol–water partition coefficient (Wildman–Crippen LogP) is 3.35. The molecule has 22 heteroatoms. The number of anilines is 1. The summed E-state index contributed by atoms with van der Waals surface area (Å²) in [5.74, 6) is -1.80. The molecule has 2 saturated heterocycles. The Hall–Kier alpha value is -6.00. The molecule has 3 aromatic rings. The first-order valence-electron chi connectivity index (χ1n) is 25.0. The van der Waals surface area contributed by atoms with Gasteiger partial charge < -0.3 is 50.8 Å². The van der Waals surface area contributed by atoms with Gasteiger partial charge in [0.15, 0.2) is 0 Å². The first-order chi connectivity index (χ1) is 34.5. The number of carbonyl (C=O) groups is 6. The van der Waals surface area contributed by atoms with Crippen LogP contribution in [-0.4, -0.2) is 162 Å². The smallest absolute Gasteiger partial charge is 0.379 e. The lowest BCUT2D eigenvalue weighted by atomic mass is 9.84. The third-order valence-corrected chi connectivity index (χ3v) is 14.6. The van der Waals surface area contributed by atoms with E-state index in [1.165, 1.54) is 12.4 Å². The first kappa shape index (κ1) is 53.8. The van der Waals surface area contributed by atoms with Gasteiger partial charge in [-0.25, -0.2) is 9.97 Å². The van der Waals surface area contributed by atoms with Crippen LogP contribution >= 0.6 is 0 Å². The van der Waals surface area contributed by atoms with E-state index in [0.717, 1.165) is 24.1 Å². The fourth-order valence-corrected chi connectivity index (χ4v) is 10.5. The van der Waals surface area contributed by atoms with Crippen molar-refractivity contribution in [2.45, 2.75) is 127 Å². The molecule has 4 fully saturated rings. The van der Waals surface area contributed by atoms with Crippen LogP contribution in [0.2, 0.25) is 0 Å². The summed E-state index contributed by atoms with van der Waals surface area (Å²) in [5.41, 5.74) is 0.270. The van der Waals surface area contributed by atoms with Gasteiger partial charge in [-0.15, -0.1) is 0 Å². The number of benzene rings is 1. The van der Waals surface area contributed by atoms with Gasteiger partial charge in [-0.05, 0) is 102 Å². The number of halogens is 3. The quantitative estimate of drug-likeness (QED) is 0.0967. The molecule has 0 spiro atoms. The number of rotatable bonds is 21. The second kappa shape index (κ2) is 24.6. The van der Waals surface area contributed by atoms with E-state index in [1.807, 2.05) is 13.1 Å². The predicted molar refractivity (Wildman–Crippen MR) is 259 cm³/mol. The molecule has 72 heavy (non-hydrogen) atoms. The van der Waals surface area contributed by atoms with Crippen molar-refractivity contribution < 1.29 is 51.4 Å². The topological polar surface area (TPSA) is 229 Å². The summed E-state index contributed by atoms with van der Waals surface area (Å²) < 4.78 is 52.0. The van der Waals surface area contributed by atoms with E-state index >= 15 is 0 Å². The second-order valence-corrected chi connectivity index (χ2v) is 19.6. The fourth-order valence-electron chi connectivity index (χ4n) is 10.5. The Bertz CT molecular complexity index is 2370. The molecule has 392 valence electrons. The molecule has 4 aliphatic rings. The minimum atomic E-state index is -4.56. The minimum absolute atomic E-state index is 0.0577. The first-order valence-corrected chi connectivity index (χ1v) is 25.0. The summed E-state index contributed by atoms with van der Waals surface area (Å²) in [4.78, 5) is 96.4. The van der Waals surface area contributed by atoms with Crippen molar-refractivity contribution >= 4 is 52.2 Å². The summed E-state index contributed by atoms with van der Waals surface area (Å²) in [6, 6.07) is 5.38. The maximum Gasteiger partial charge on any atom is 0.416 e. The van der Waals surface area contributed by atoms with Crippen LogP contribution in [0.3, 0.4) is 0 Å². The number of aromatic nitrogens is 3. The summed E-state index contributed by atoms with van der Waals surface area (Å²) in [7, 11) is 3.73. The van der Waals surface area contributed by atoms with Gasteiger partial charge in [0.25, 0.3) is 0 Å². The van der Waals surface area contributed by atoms with Gasteiger partial charge in [0, 0.05) is 81.3 Å². The molecular weight excluding hydrogens is 940 g/mol. The van der Waals surface area contributed by atoms with E-state index < -0.39 is 29.7 Å². The highest BCUT2D eigenvalue weighted by molar-refractivity contribution is 5.93. The lowest BCUT2D eigenvalue weighted by molar-refractivity contribution is -0.137. The summed E-state index contributed by atoms with van der Waals surface area (Å²) >= 11 is 0. The highest BCUT2D eigenvalue weighted by Crippen LogP contribution is 2.37. The van der Waals surface area contributed by atoms with Crippen molar-refractivity contribution in [2.24, 2.45) is 11.8 Å².